The molecule has 0 N–H and O–H groups in total. The van der Waals surface area contributed by atoms with Gasteiger partial charge in [0.1, 0.15) is 13.2 Å². The first-order chi connectivity index (χ1) is 15.9. The van der Waals surface area contributed by atoms with Gasteiger partial charge in [0.15, 0.2) is 29.0 Å². The summed E-state index contributed by atoms with van der Waals surface area (Å²) in [5.41, 5.74) is 2.86. The number of carbonyl (C=O) groups is 1. The molecule has 0 saturated carbocycles. The van der Waals surface area contributed by atoms with Crippen LogP contribution in [-0.2, 0) is 13.5 Å². The fourth-order valence-corrected chi connectivity index (χ4v) is 5.33. The maximum Gasteiger partial charge on any atom is 0.254 e. The summed E-state index contributed by atoms with van der Waals surface area (Å²) in [6.07, 6.45) is 2.05. The van der Waals surface area contributed by atoms with E-state index in [2.05, 4.69) is 5.10 Å². The van der Waals surface area contributed by atoms with Gasteiger partial charge < -0.3 is 14.4 Å². The van der Waals surface area contributed by atoms with E-state index in [0.29, 0.717) is 42.4 Å². The Bertz CT molecular complexity index is 1280. The molecule has 0 aliphatic carbocycles. The molecule has 0 radical (unpaired) electrons. The number of rotatable bonds is 2. The van der Waals surface area contributed by atoms with Crippen molar-refractivity contribution in [3.05, 3.63) is 64.6 Å². The van der Waals surface area contributed by atoms with Crippen LogP contribution in [0.1, 0.15) is 40.5 Å². The van der Waals surface area contributed by atoms with Crippen molar-refractivity contribution in [2.45, 2.75) is 31.3 Å². The molecule has 2 bridgehead atoms. The molecule has 3 aromatic rings. The van der Waals surface area contributed by atoms with Crippen LogP contribution in [0.3, 0.4) is 0 Å². The SMILES string of the molecule is Cn1nc2c(c1-c1cc(F)c(F)c(F)c1)C[C@H]1CC[C@@H]2N1C(=O)c1ccc2c(c1)OCCO2. The molecule has 3 aliphatic rings. The molecule has 1 fully saturated rings. The Morgan fingerprint density at radius 1 is 1.03 bits per heavy atom. The molecule has 4 heterocycles. The maximum atomic E-state index is 13.9. The quantitative estimate of drug-likeness (QED) is 0.544. The molecule has 1 saturated heterocycles. The summed E-state index contributed by atoms with van der Waals surface area (Å²) in [7, 11) is 1.69. The van der Waals surface area contributed by atoms with E-state index in [-0.39, 0.29) is 23.6 Å². The zero-order valence-corrected chi connectivity index (χ0v) is 17.8. The zero-order valence-electron chi connectivity index (χ0n) is 17.8. The third kappa shape index (κ3) is 3.02. The number of ether oxygens (including phenoxy) is 2. The smallest absolute Gasteiger partial charge is 0.254 e. The van der Waals surface area contributed by atoms with E-state index in [9.17, 15) is 18.0 Å². The molecule has 9 heteroatoms. The summed E-state index contributed by atoms with van der Waals surface area (Å²) in [4.78, 5) is 15.4. The topological polar surface area (TPSA) is 56.6 Å². The summed E-state index contributed by atoms with van der Waals surface area (Å²) in [5.74, 6) is -2.92. The lowest BCUT2D eigenvalue weighted by Crippen LogP contribution is -2.42. The van der Waals surface area contributed by atoms with Gasteiger partial charge in [-0.15, -0.1) is 0 Å². The second kappa shape index (κ2) is 7.26. The highest BCUT2D eigenvalue weighted by Crippen LogP contribution is 2.47. The molecular weight excluding hydrogens is 435 g/mol. The van der Waals surface area contributed by atoms with Gasteiger partial charge in [0.05, 0.1) is 17.4 Å². The van der Waals surface area contributed by atoms with Gasteiger partial charge >= 0.3 is 0 Å². The van der Waals surface area contributed by atoms with E-state index in [4.69, 9.17) is 9.47 Å². The Labute approximate surface area is 187 Å². The minimum absolute atomic E-state index is 0.0682. The van der Waals surface area contributed by atoms with Gasteiger partial charge in [-0.2, -0.15) is 5.10 Å². The van der Waals surface area contributed by atoms with Crippen molar-refractivity contribution >= 4 is 5.91 Å². The number of fused-ring (bicyclic) bond motifs is 5. The van der Waals surface area contributed by atoms with E-state index in [1.165, 1.54) is 0 Å². The van der Waals surface area contributed by atoms with Crippen molar-refractivity contribution in [3.8, 4) is 22.8 Å². The first-order valence-corrected chi connectivity index (χ1v) is 10.9. The number of nitrogens with zero attached hydrogens (tertiary/aromatic N) is 3. The van der Waals surface area contributed by atoms with Crippen LogP contribution in [0.15, 0.2) is 30.3 Å². The van der Waals surface area contributed by atoms with Crippen LogP contribution in [0, 0.1) is 17.5 Å². The second-order valence-electron chi connectivity index (χ2n) is 8.61. The van der Waals surface area contributed by atoms with Crippen molar-refractivity contribution in [2.24, 2.45) is 7.05 Å². The van der Waals surface area contributed by atoms with Crippen LogP contribution in [0.5, 0.6) is 11.5 Å². The zero-order chi connectivity index (χ0) is 22.9. The van der Waals surface area contributed by atoms with Gasteiger partial charge in [0, 0.05) is 29.8 Å². The highest BCUT2D eigenvalue weighted by molar-refractivity contribution is 5.96. The van der Waals surface area contributed by atoms with Gasteiger partial charge in [-0.1, -0.05) is 0 Å². The van der Waals surface area contributed by atoms with Crippen molar-refractivity contribution in [2.75, 3.05) is 13.2 Å². The molecule has 1 aromatic heterocycles. The van der Waals surface area contributed by atoms with Crippen LogP contribution in [-0.4, -0.2) is 39.8 Å². The Kier molecular flexibility index (Phi) is 4.43. The Hall–Kier alpha value is -3.49. The standard InChI is InChI=1S/C24H20F3N3O3/c1-29-23(13-8-16(25)21(27)17(26)9-13)15-11-14-3-4-18(22(15)28-29)30(14)24(31)12-2-5-19-20(10-12)33-7-6-32-19/h2,5,8-10,14,18H,3-4,6-7,11H2,1H3/t14-,18+/m1/s1. The van der Waals surface area contributed by atoms with E-state index >= 15 is 0 Å². The molecule has 2 aromatic carbocycles. The number of carbonyl (C=O) groups excluding carboxylic acids is 1. The average molecular weight is 455 g/mol. The van der Waals surface area contributed by atoms with Gasteiger partial charge in [0.25, 0.3) is 5.91 Å². The molecule has 2 atom stereocenters. The Morgan fingerprint density at radius 3 is 2.52 bits per heavy atom. The van der Waals surface area contributed by atoms with E-state index < -0.39 is 17.5 Å². The van der Waals surface area contributed by atoms with Crippen molar-refractivity contribution in [1.82, 2.24) is 14.7 Å². The van der Waals surface area contributed by atoms with E-state index in [0.717, 1.165) is 36.2 Å². The molecule has 0 unspecified atom stereocenters. The van der Waals surface area contributed by atoms with Crippen LogP contribution in [0.2, 0.25) is 0 Å². The van der Waals surface area contributed by atoms with E-state index in [1.807, 2.05) is 4.90 Å². The maximum absolute atomic E-state index is 13.9. The van der Waals surface area contributed by atoms with Crippen LogP contribution < -0.4 is 9.47 Å². The minimum Gasteiger partial charge on any atom is -0.486 e. The van der Waals surface area contributed by atoms with Gasteiger partial charge in [-0.3, -0.25) is 9.48 Å². The summed E-state index contributed by atoms with van der Waals surface area (Å²) < 4.78 is 54.1. The highest BCUT2D eigenvalue weighted by Gasteiger charge is 2.46. The van der Waals surface area contributed by atoms with Gasteiger partial charge in [-0.25, -0.2) is 13.2 Å². The fraction of sp³-hybridized carbons (Fsp3) is 0.333. The molecule has 33 heavy (non-hydrogen) atoms. The monoisotopic (exact) mass is 455 g/mol. The van der Waals surface area contributed by atoms with Crippen molar-refractivity contribution in [3.63, 3.8) is 0 Å². The first-order valence-electron chi connectivity index (χ1n) is 10.9. The van der Waals surface area contributed by atoms with E-state index in [1.54, 1.807) is 29.9 Å². The lowest BCUT2D eigenvalue weighted by molar-refractivity contribution is 0.0641. The number of aryl methyl sites for hydroxylation is 1. The summed E-state index contributed by atoms with van der Waals surface area (Å²) >= 11 is 0. The summed E-state index contributed by atoms with van der Waals surface area (Å²) in [5, 5.41) is 4.62. The molecule has 1 amide bonds. The second-order valence-corrected chi connectivity index (χ2v) is 8.61. The largest absolute Gasteiger partial charge is 0.486 e. The number of hydrogen-bond acceptors (Lipinski definition) is 4. The molecule has 6 nitrogen and oxygen atoms in total. The number of aromatic nitrogens is 2. The number of amides is 1. The van der Waals surface area contributed by atoms with Crippen molar-refractivity contribution in [1.29, 1.82) is 0 Å². The number of benzene rings is 2. The lowest BCUT2D eigenvalue weighted by atomic mass is 9.94. The molecular formula is C24H20F3N3O3. The minimum atomic E-state index is -1.49. The van der Waals surface area contributed by atoms with Crippen LogP contribution in [0.4, 0.5) is 13.2 Å². The van der Waals surface area contributed by atoms with Crippen LogP contribution >= 0.6 is 0 Å². The third-order valence-corrected chi connectivity index (χ3v) is 6.72. The molecule has 6 rings (SSSR count). The predicted octanol–water partition coefficient (Wildman–Crippen LogP) is 4.18. The fourth-order valence-electron chi connectivity index (χ4n) is 5.33. The predicted molar refractivity (Wildman–Crippen MR) is 112 cm³/mol. The molecule has 3 aliphatic heterocycles. The Balaban J connectivity index is 1.38. The molecule has 0 spiro atoms. The highest BCUT2D eigenvalue weighted by atomic mass is 19.2. The number of hydrogen-bond donors (Lipinski definition) is 0. The first kappa shape index (κ1) is 20.1. The Morgan fingerprint density at radius 2 is 1.76 bits per heavy atom. The normalized spacial score (nSPS) is 20.7. The van der Waals surface area contributed by atoms with Crippen LogP contribution in [0.25, 0.3) is 11.3 Å². The molecule has 170 valence electrons. The summed E-state index contributed by atoms with van der Waals surface area (Å²) in [6, 6.07) is 6.86. The van der Waals surface area contributed by atoms with Gasteiger partial charge in [0.2, 0.25) is 0 Å². The van der Waals surface area contributed by atoms with Gasteiger partial charge in [-0.05, 0) is 49.6 Å². The average Bonchev–Trinajstić information content (AvgIpc) is 3.32. The summed E-state index contributed by atoms with van der Waals surface area (Å²) in [6.45, 7) is 0.910. The van der Waals surface area contributed by atoms with Crippen molar-refractivity contribution < 1.29 is 27.4 Å². The lowest BCUT2D eigenvalue weighted by Gasteiger charge is -2.34. The number of halogens is 3. The third-order valence-electron chi connectivity index (χ3n) is 6.72.